The van der Waals surface area contributed by atoms with Gasteiger partial charge in [-0.1, -0.05) is 12.6 Å². The number of nitrogens with one attached hydrogen (secondary N) is 1. The maximum absolute atomic E-state index is 14.9. The lowest BCUT2D eigenvalue weighted by molar-refractivity contribution is -0.130. The normalized spacial score (nSPS) is 21.6. The van der Waals surface area contributed by atoms with E-state index < -0.39 is 6.17 Å². The summed E-state index contributed by atoms with van der Waals surface area (Å²) < 4.78 is 23.0. The third-order valence-electron chi connectivity index (χ3n) is 7.83. The molecule has 0 unspecified atom stereocenters. The lowest BCUT2D eigenvalue weighted by Gasteiger charge is -2.48. The first kappa shape index (κ1) is 23.7. The molecular weight excluding hydrogens is 471 g/mol. The van der Waals surface area contributed by atoms with Crippen molar-refractivity contribution in [2.45, 2.75) is 38.1 Å². The van der Waals surface area contributed by atoms with Crippen molar-refractivity contribution in [3.05, 3.63) is 66.1 Å². The van der Waals surface area contributed by atoms with Gasteiger partial charge in [0.05, 0.1) is 18.4 Å². The van der Waals surface area contributed by atoms with Crippen molar-refractivity contribution in [2.75, 3.05) is 31.5 Å². The van der Waals surface area contributed by atoms with Gasteiger partial charge in [-0.15, -0.1) is 0 Å². The van der Waals surface area contributed by atoms with Gasteiger partial charge in [-0.2, -0.15) is 5.10 Å². The number of hydrogen-bond acceptors (Lipinski definition) is 6. The van der Waals surface area contributed by atoms with Gasteiger partial charge in [-0.25, -0.2) is 9.37 Å². The summed E-state index contributed by atoms with van der Waals surface area (Å²) in [7, 11) is 1.90. The number of alkyl halides is 1. The number of rotatable bonds is 4. The number of piperidine rings is 1. The van der Waals surface area contributed by atoms with E-state index in [9.17, 15) is 9.18 Å². The number of amides is 1. The Morgan fingerprint density at radius 2 is 2.14 bits per heavy atom. The van der Waals surface area contributed by atoms with Gasteiger partial charge in [0.1, 0.15) is 24.3 Å². The van der Waals surface area contributed by atoms with Crippen LogP contribution in [0.3, 0.4) is 0 Å². The highest BCUT2D eigenvalue weighted by Crippen LogP contribution is 2.42. The van der Waals surface area contributed by atoms with Gasteiger partial charge >= 0.3 is 0 Å². The van der Waals surface area contributed by atoms with Gasteiger partial charge in [-0.3, -0.25) is 14.4 Å². The SMILES string of the molecule is C=CC(=O)N1CC[C@@H](N2CC(c3cc(C)c4c(c3)Nc3nccc(-c5cnn(C)c5)c3CO4)C2)[C@H](F)C1. The molecule has 192 valence electrons. The predicted molar refractivity (Wildman–Crippen MR) is 140 cm³/mol. The van der Waals surface area contributed by atoms with Gasteiger partial charge in [0.15, 0.2) is 0 Å². The van der Waals surface area contributed by atoms with Crippen molar-refractivity contribution < 1.29 is 13.9 Å². The number of ether oxygens (including phenoxy) is 1. The van der Waals surface area contributed by atoms with Crippen LogP contribution in [-0.2, 0) is 18.4 Å². The van der Waals surface area contributed by atoms with Gasteiger partial charge in [0.2, 0.25) is 5.91 Å². The highest BCUT2D eigenvalue weighted by molar-refractivity contribution is 5.87. The molecule has 1 N–H and O–H groups in total. The highest BCUT2D eigenvalue weighted by atomic mass is 19.1. The van der Waals surface area contributed by atoms with Crippen LogP contribution in [0.25, 0.3) is 11.1 Å². The highest BCUT2D eigenvalue weighted by Gasteiger charge is 2.41. The Kier molecular flexibility index (Phi) is 5.95. The molecule has 8 nitrogen and oxygen atoms in total. The number of carbonyl (C=O) groups excluding carboxylic acids is 1. The van der Waals surface area contributed by atoms with Crippen molar-refractivity contribution in [1.29, 1.82) is 0 Å². The summed E-state index contributed by atoms with van der Waals surface area (Å²) in [5.74, 6) is 1.75. The summed E-state index contributed by atoms with van der Waals surface area (Å²) in [5, 5.41) is 7.84. The first-order valence-corrected chi connectivity index (χ1v) is 12.7. The van der Waals surface area contributed by atoms with Crippen molar-refractivity contribution in [3.63, 3.8) is 0 Å². The molecule has 2 aromatic heterocycles. The Bertz CT molecular complexity index is 1360. The van der Waals surface area contributed by atoms with Crippen LogP contribution in [0.1, 0.15) is 29.0 Å². The van der Waals surface area contributed by atoms with E-state index in [2.05, 4.69) is 45.9 Å². The molecule has 9 heteroatoms. The molecule has 3 aromatic rings. The fourth-order valence-electron chi connectivity index (χ4n) is 5.80. The fraction of sp³-hybridized carbons (Fsp3) is 0.393. The molecule has 0 radical (unpaired) electrons. The van der Waals surface area contributed by atoms with Crippen molar-refractivity contribution >= 4 is 17.4 Å². The van der Waals surface area contributed by atoms with Crippen LogP contribution >= 0.6 is 0 Å². The van der Waals surface area contributed by atoms with E-state index in [1.807, 2.05) is 25.5 Å². The number of pyridine rings is 1. The number of anilines is 2. The van der Waals surface area contributed by atoms with Gasteiger partial charge in [-0.05, 0) is 48.2 Å². The fourth-order valence-corrected chi connectivity index (χ4v) is 5.80. The topological polar surface area (TPSA) is 75.5 Å². The van der Waals surface area contributed by atoms with E-state index in [4.69, 9.17) is 4.74 Å². The Hall–Kier alpha value is -3.72. The van der Waals surface area contributed by atoms with E-state index in [0.717, 1.165) is 52.6 Å². The third kappa shape index (κ3) is 4.27. The quantitative estimate of drug-likeness (QED) is 0.545. The zero-order valence-corrected chi connectivity index (χ0v) is 21.2. The summed E-state index contributed by atoms with van der Waals surface area (Å²) >= 11 is 0. The number of aryl methyl sites for hydroxylation is 2. The van der Waals surface area contributed by atoms with E-state index in [1.54, 1.807) is 15.8 Å². The molecule has 3 aliphatic rings. The zero-order chi connectivity index (χ0) is 25.7. The summed E-state index contributed by atoms with van der Waals surface area (Å²) in [6, 6.07) is 6.19. The summed E-state index contributed by atoms with van der Waals surface area (Å²) in [6.45, 7) is 8.32. The Morgan fingerprint density at radius 1 is 1.30 bits per heavy atom. The summed E-state index contributed by atoms with van der Waals surface area (Å²) in [4.78, 5) is 20.2. The van der Waals surface area contributed by atoms with Crippen LogP contribution < -0.4 is 10.1 Å². The van der Waals surface area contributed by atoms with Crippen molar-refractivity contribution in [1.82, 2.24) is 24.6 Å². The second kappa shape index (κ2) is 9.30. The minimum Gasteiger partial charge on any atom is -0.486 e. The van der Waals surface area contributed by atoms with Crippen molar-refractivity contribution in [2.24, 2.45) is 7.05 Å². The number of benzene rings is 1. The lowest BCUT2D eigenvalue weighted by Crippen LogP contribution is -2.59. The second-order valence-electron chi connectivity index (χ2n) is 10.2. The van der Waals surface area contributed by atoms with E-state index in [-0.39, 0.29) is 18.5 Å². The van der Waals surface area contributed by atoms with Crippen LogP contribution in [0, 0.1) is 6.92 Å². The maximum atomic E-state index is 14.9. The van der Waals surface area contributed by atoms with E-state index in [1.165, 1.54) is 11.6 Å². The maximum Gasteiger partial charge on any atom is 0.246 e. The molecular formula is C28H31FN6O2. The predicted octanol–water partition coefficient (Wildman–Crippen LogP) is 3.95. The number of fused-ring (bicyclic) bond motifs is 2. The number of likely N-dealkylation sites (tertiary alicyclic amines) is 2. The number of halogens is 1. The average Bonchev–Trinajstić information content (AvgIpc) is 3.19. The van der Waals surface area contributed by atoms with Crippen LogP contribution in [-0.4, -0.2) is 68.9 Å². The molecule has 2 fully saturated rings. The molecule has 1 aromatic carbocycles. The monoisotopic (exact) mass is 502 g/mol. The molecule has 0 aliphatic carbocycles. The minimum absolute atomic E-state index is 0.142. The Balaban J connectivity index is 1.18. The van der Waals surface area contributed by atoms with Crippen molar-refractivity contribution in [3.8, 4) is 16.9 Å². The molecule has 37 heavy (non-hydrogen) atoms. The molecule has 2 atom stereocenters. The molecule has 0 saturated carbocycles. The van der Waals surface area contributed by atoms with Gasteiger partial charge < -0.3 is 15.0 Å². The minimum atomic E-state index is -1.04. The first-order valence-electron chi connectivity index (χ1n) is 12.7. The van der Waals surface area contributed by atoms with Crippen LogP contribution in [0.15, 0.2) is 49.4 Å². The Labute approximate surface area is 215 Å². The smallest absolute Gasteiger partial charge is 0.246 e. The van der Waals surface area contributed by atoms with E-state index >= 15 is 0 Å². The summed E-state index contributed by atoms with van der Waals surface area (Å²) in [6.07, 6.45) is 6.51. The number of hydrogen-bond donors (Lipinski definition) is 1. The first-order chi connectivity index (χ1) is 17.9. The number of nitrogens with zero attached hydrogens (tertiary/aromatic N) is 5. The lowest BCUT2D eigenvalue weighted by atomic mass is 9.86. The molecule has 5 heterocycles. The van der Waals surface area contributed by atoms with Gasteiger partial charge in [0, 0.05) is 62.2 Å². The second-order valence-corrected chi connectivity index (χ2v) is 10.2. The molecule has 3 aliphatic heterocycles. The summed E-state index contributed by atoms with van der Waals surface area (Å²) in [5.41, 5.74) is 6.25. The molecule has 1 amide bonds. The number of carbonyl (C=O) groups is 1. The zero-order valence-electron chi connectivity index (χ0n) is 21.2. The van der Waals surface area contributed by atoms with Gasteiger partial charge in [0.25, 0.3) is 0 Å². The molecule has 2 saturated heterocycles. The number of aromatic nitrogens is 3. The standard InChI is InChI=1S/C28H31FN6O2/c1-4-26(36)34-8-6-25(23(29)15-34)35-13-20(14-35)18-9-17(2)27-24(10-18)32-28-22(16-37-27)21(5-7-30-28)19-11-31-33(3)12-19/h4-5,7,9-12,20,23,25H,1,6,8,13-16H2,2-3H3,(H,30,32)/t23-,25-/m1/s1. The van der Waals surface area contributed by atoms with Crippen LogP contribution in [0.2, 0.25) is 0 Å². The van der Waals surface area contributed by atoms with E-state index in [0.29, 0.717) is 25.5 Å². The Morgan fingerprint density at radius 3 is 2.86 bits per heavy atom. The van der Waals surface area contributed by atoms with Crippen LogP contribution in [0.5, 0.6) is 5.75 Å². The van der Waals surface area contributed by atoms with Crippen LogP contribution in [0.4, 0.5) is 15.9 Å². The molecule has 0 bridgehead atoms. The third-order valence-corrected chi connectivity index (χ3v) is 7.83. The molecule has 0 spiro atoms. The molecule has 6 rings (SSSR count). The largest absolute Gasteiger partial charge is 0.486 e. The average molecular weight is 503 g/mol.